The fourth-order valence-electron chi connectivity index (χ4n) is 1.48. The van der Waals surface area contributed by atoms with Crippen LogP contribution in [0.2, 0.25) is 0 Å². The van der Waals surface area contributed by atoms with Gasteiger partial charge in [-0.3, -0.25) is 0 Å². The molecule has 0 spiro atoms. The molecule has 0 heterocycles. The maximum Gasteiger partial charge on any atom is 0.120 e. The molecular formula is C13H21NO3. The first-order valence-electron chi connectivity index (χ1n) is 5.72. The van der Waals surface area contributed by atoms with Crippen molar-refractivity contribution in [1.29, 1.82) is 0 Å². The minimum Gasteiger partial charge on any atom is -0.508 e. The van der Waals surface area contributed by atoms with E-state index in [1.54, 1.807) is 6.07 Å². The average molecular weight is 239 g/mol. The Labute approximate surface area is 102 Å². The molecule has 0 amide bonds. The summed E-state index contributed by atoms with van der Waals surface area (Å²) < 4.78 is 0. The van der Waals surface area contributed by atoms with Crippen molar-refractivity contribution < 1.29 is 15.3 Å². The number of hydrogen-bond acceptors (Lipinski definition) is 4. The Bertz CT molecular complexity index is 377. The summed E-state index contributed by atoms with van der Waals surface area (Å²) in [6.45, 7) is 6.53. The van der Waals surface area contributed by atoms with Gasteiger partial charge >= 0.3 is 0 Å². The molecule has 1 aromatic carbocycles. The van der Waals surface area contributed by atoms with Gasteiger partial charge in [0.25, 0.3) is 0 Å². The number of phenols is 2. The molecule has 0 aromatic heterocycles. The van der Waals surface area contributed by atoms with Gasteiger partial charge in [-0.1, -0.05) is 13.8 Å². The highest BCUT2D eigenvalue weighted by Crippen LogP contribution is 2.28. The Morgan fingerprint density at radius 2 is 1.94 bits per heavy atom. The van der Waals surface area contributed by atoms with Crippen LogP contribution in [-0.4, -0.2) is 28.5 Å². The van der Waals surface area contributed by atoms with E-state index in [2.05, 4.69) is 5.32 Å². The maximum absolute atomic E-state index is 9.69. The minimum absolute atomic E-state index is 0.0899. The molecule has 0 aliphatic carbocycles. The van der Waals surface area contributed by atoms with Gasteiger partial charge in [0.15, 0.2) is 0 Å². The molecule has 0 saturated carbocycles. The largest absolute Gasteiger partial charge is 0.508 e. The zero-order valence-electron chi connectivity index (χ0n) is 10.6. The van der Waals surface area contributed by atoms with Crippen molar-refractivity contribution in [2.45, 2.75) is 26.8 Å². The number of aliphatic hydroxyl groups excluding tert-OH is 1. The lowest BCUT2D eigenvalue weighted by atomic mass is 9.94. The molecule has 1 atom stereocenters. The van der Waals surface area contributed by atoms with Crippen LogP contribution in [0.3, 0.4) is 0 Å². The van der Waals surface area contributed by atoms with Gasteiger partial charge in [-0.25, -0.2) is 0 Å². The van der Waals surface area contributed by atoms with Crippen LogP contribution in [0.1, 0.15) is 32.4 Å². The van der Waals surface area contributed by atoms with Gasteiger partial charge in [-0.15, -0.1) is 0 Å². The number of aliphatic hydroxyl groups is 1. The van der Waals surface area contributed by atoms with E-state index in [0.29, 0.717) is 12.1 Å². The van der Waals surface area contributed by atoms with Crippen molar-refractivity contribution in [3.8, 4) is 11.5 Å². The van der Waals surface area contributed by atoms with E-state index in [0.717, 1.165) is 0 Å². The topological polar surface area (TPSA) is 72.7 Å². The number of phenolic OH excluding ortho intramolecular Hbond substituents is 2. The van der Waals surface area contributed by atoms with E-state index in [4.69, 9.17) is 5.11 Å². The monoisotopic (exact) mass is 239 g/mol. The lowest BCUT2D eigenvalue weighted by molar-refractivity contribution is 0.153. The number of nitrogens with one attached hydrogen (secondary N) is 1. The molecular weight excluding hydrogens is 218 g/mol. The lowest BCUT2D eigenvalue weighted by Crippen LogP contribution is -2.33. The summed E-state index contributed by atoms with van der Waals surface area (Å²) in [5.41, 5.74) is 0.444. The van der Waals surface area contributed by atoms with Crippen LogP contribution in [0.25, 0.3) is 0 Å². The predicted molar refractivity (Wildman–Crippen MR) is 67.1 cm³/mol. The molecule has 96 valence electrons. The highest BCUT2D eigenvalue weighted by atomic mass is 16.3. The third-order valence-electron chi connectivity index (χ3n) is 2.79. The zero-order chi connectivity index (χ0) is 13.1. The van der Waals surface area contributed by atoms with E-state index in [1.807, 2.05) is 20.8 Å². The molecule has 0 radical (unpaired) electrons. The Hall–Kier alpha value is -1.26. The summed E-state index contributed by atoms with van der Waals surface area (Å²) in [6.07, 6.45) is 0. The van der Waals surface area contributed by atoms with Gasteiger partial charge in [-0.2, -0.15) is 0 Å². The van der Waals surface area contributed by atoms with Gasteiger partial charge in [0, 0.05) is 30.2 Å². The third-order valence-corrected chi connectivity index (χ3v) is 2.79. The van der Waals surface area contributed by atoms with Crippen molar-refractivity contribution in [3.63, 3.8) is 0 Å². The van der Waals surface area contributed by atoms with Crippen LogP contribution in [0.4, 0.5) is 0 Å². The van der Waals surface area contributed by atoms with Gasteiger partial charge in [0.05, 0.1) is 0 Å². The SMILES string of the molecule is CC(NCC(C)(C)CO)c1cc(O)ccc1O. The Morgan fingerprint density at radius 3 is 2.53 bits per heavy atom. The lowest BCUT2D eigenvalue weighted by Gasteiger charge is -2.25. The quantitative estimate of drug-likeness (QED) is 0.591. The first kappa shape index (κ1) is 13.8. The van der Waals surface area contributed by atoms with E-state index in [9.17, 15) is 10.2 Å². The predicted octanol–water partition coefficient (Wildman–Crippen LogP) is 1.77. The summed E-state index contributed by atoms with van der Waals surface area (Å²) in [7, 11) is 0. The maximum atomic E-state index is 9.69. The van der Waals surface area contributed by atoms with E-state index >= 15 is 0 Å². The molecule has 4 N–H and O–H groups in total. The standard InChI is InChI=1S/C13H21NO3/c1-9(14-7-13(2,3)8-15)11-6-10(16)4-5-12(11)17/h4-6,9,14-17H,7-8H2,1-3H3. The van der Waals surface area contributed by atoms with Crippen LogP contribution in [0.5, 0.6) is 11.5 Å². The highest BCUT2D eigenvalue weighted by Gasteiger charge is 2.18. The Morgan fingerprint density at radius 1 is 1.29 bits per heavy atom. The normalized spacial score (nSPS) is 13.6. The van der Waals surface area contributed by atoms with Crippen molar-refractivity contribution in [2.24, 2.45) is 5.41 Å². The van der Waals surface area contributed by atoms with Gasteiger partial charge in [0.1, 0.15) is 11.5 Å². The van der Waals surface area contributed by atoms with Crippen molar-refractivity contribution in [1.82, 2.24) is 5.32 Å². The molecule has 0 fully saturated rings. The summed E-state index contributed by atoms with van der Waals surface area (Å²) in [5, 5.41) is 31.4. The molecule has 0 aliphatic rings. The van der Waals surface area contributed by atoms with Crippen molar-refractivity contribution >= 4 is 0 Å². The van der Waals surface area contributed by atoms with Crippen LogP contribution >= 0.6 is 0 Å². The summed E-state index contributed by atoms with van der Waals surface area (Å²) in [5.74, 6) is 0.289. The number of benzene rings is 1. The smallest absolute Gasteiger partial charge is 0.120 e. The number of aromatic hydroxyl groups is 2. The van der Waals surface area contributed by atoms with Crippen molar-refractivity contribution in [2.75, 3.05) is 13.2 Å². The van der Waals surface area contributed by atoms with Gasteiger partial charge < -0.3 is 20.6 Å². The van der Waals surface area contributed by atoms with E-state index in [1.165, 1.54) is 12.1 Å². The zero-order valence-corrected chi connectivity index (χ0v) is 10.6. The number of hydrogen-bond donors (Lipinski definition) is 4. The Kier molecular flexibility index (Phi) is 4.37. The number of rotatable bonds is 5. The second-order valence-corrected chi connectivity index (χ2v) is 5.17. The van der Waals surface area contributed by atoms with E-state index in [-0.39, 0.29) is 29.6 Å². The second kappa shape index (κ2) is 5.38. The molecule has 4 nitrogen and oxygen atoms in total. The molecule has 0 saturated heterocycles. The summed E-state index contributed by atoms with van der Waals surface area (Å²) in [4.78, 5) is 0. The fraction of sp³-hybridized carbons (Fsp3) is 0.538. The molecule has 1 rings (SSSR count). The molecule has 0 bridgehead atoms. The molecule has 1 unspecified atom stereocenters. The first-order valence-corrected chi connectivity index (χ1v) is 5.72. The fourth-order valence-corrected chi connectivity index (χ4v) is 1.48. The molecule has 17 heavy (non-hydrogen) atoms. The first-order chi connectivity index (χ1) is 7.85. The van der Waals surface area contributed by atoms with Crippen LogP contribution in [-0.2, 0) is 0 Å². The van der Waals surface area contributed by atoms with Crippen LogP contribution in [0.15, 0.2) is 18.2 Å². The van der Waals surface area contributed by atoms with Gasteiger partial charge in [-0.05, 0) is 25.1 Å². The third kappa shape index (κ3) is 3.91. The minimum atomic E-state index is -0.208. The molecule has 1 aromatic rings. The van der Waals surface area contributed by atoms with Crippen LogP contribution in [0, 0.1) is 5.41 Å². The van der Waals surface area contributed by atoms with Crippen molar-refractivity contribution in [3.05, 3.63) is 23.8 Å². The Balaban J connectivity index is 2.70. The highest BCUT2D eigenvalue weighted by molar-refractivity contribution is 5.40. The molecule has 4 heteroatoms. The van der Waals surface area contributed by atoms with E-state index < -0.39 is 0 Å². The van der Waals surface area contributed by atoms with Crippen LogP contribution < -0.4 is 5.32 Å². The molecule has 0 aliphatic heterocycles. The average Bonchev–Trinajstić information content (AvgIpc) is 2.29. The van der Waals surface area contributed by atoms with Gasteiger partial charge in [0.2, 0.25) is 0 Å². The summed E-state index contributed by atoms with van der Waals surface area (Å²) in [6, 6.07) is 4.37. The second-order valence-electron chi connectivity index (χ2n) is 5.17. The summed E-state index contributed by atoms with van der Waals surface area (Å²) >= 11 is 0.